The fourth-order valence-corrected chi connectivity index (χ4v) is 12.7. The summed E-state index contributed by atoms with van der Waals surface area (Å²) in [7, 11) is 0. The van der Waals surface area contributed by atoms with Gasteiger partial charge in [-0.2, -0.15) is 0 Å². The van der Waals surface area contributed by atoms with Crippen LogP contribution in [0.4, 0.5) is 34.1 Å². The largest absolute Gasteiger partial charge is 0.456 e. The molecule has 82 heavy (non-hydrogen) atoms. The fraction of sp³-hybridized carbons (Fsp3) is 0.0513. The molecule has 0 N–H and O–H groups in total. The van der Waals surface area contributed by atoms with Gasteiger partial charge in [0.1, 0.15) is 22.3 Å². The summed E-state index contributed by atoms with van der Waals surface area (Å²) in [6.07, 6.45) is 0. The zero-order valence-electron chi connectivity index (χ0n) is 46.1. The Morgan fingerprint density at radius 2 is 0.622 bits per heavy atom. The van der Waals surface area contributed by atoms with E-state index in [0.717, 1.165) is 110 Å². The molecule has 0 spiro atoms. The van der Waals surface area contributed by atoms with Crippen LogP contribution in [0.1, 0.15) is 22.3 Å². The Bertz CT molecular complexity index is 4610. The third-order valence-corrected chi connectivity index (χ3v) is 16.7. The number of hydrogen-bond acceptors (Lipinski definition) is 4. The molecule has 2 heterocycles. The molecule has 0 atom stereocenters. The van der Waals surface area contributed by atoms with E-state index < -0.39 is 0 Å². The van der Waals surface area contributed by atoms with E-state index in [-0.39, 0.29) is 0 Å². The van der Waals surface area contributed by atoms with Crippen LogP contribution >= 0.6 is 0 Å². The number of aryl methyl sites for hydroxylation is 4. The predicted molar refractivity (Wildman–Crippen MR) is 346 cm³/mol. The topological polar surface area (TPSA) is 32.8 Å². The zero-order valence-corrected chi connectivity index (χ0v) is 46.1. The van der Waals surface area contributed by atoms with Crippen LogP contribution in [-0.2, 0) is 0 Å². The Kier molecular flexibility index (Phi) is 11.7. The summed E-state index contributed by atoms with van der Waals surface area (Å²) in [4.78, 5) is 4.90. The van der Waals surface area contributed by atoms with Gasteiger partial charge in [0.05, 0.1) is 22.7 Å². The van der Waals surface area contributed by atoms with E-state index >= 15 is 0 Å². The van der Waals surface area contributed by atoms with E-state index in [1.165, 1.54) is 55.9 Å². The molecule has 2 aromatic heterocycles. The predicted octanol–water partition coefficient (Wildman–Crippen LogP) is 22.6. The molecule has 0 fully saturated rings. The molecule has 15 aromatic rings. The van der Waals surface area contributed by atoms with Gasteiger partial charge in [-0.05, 0) is 190 Å². The Labute approximate surface area is 477 Å². The maximum Gasteiger partial charge on any atom is 0.136 e. The van der Waals surface area contributed by atoms with Crippen LogP contribution in [-0.4, -0.2) is 0 Å². The van der Waals surface area contributed by atoms with Gasteiger partial charge in [0, 0.05) is 44.0 Å². The lowest BCUT2D eigenvalue weighted by Gasteiger charge is -2.31. The van der Waals surface area contributed by atoms with E-state index in [0.29, 0.717) is 0 Å². The van der Waals surface area contributed by atoms with Crippen LogP contribution in [0.2, 0.25) is 0 Å². The maximum atomic E-state index is 6.87. The van der Waals surface area contributed by atoms with Crippen molar-refractivity contribution in [2.45, 2.75) is 27.7 Å². The second-order valence-corrected chi connectivity index (χ2v) is 21.9. The summed E-state index contributed by atoms with van der Waals surface area (Å²) in [5, 5.41) is 8.69. The van der Waals surface area contributed by atoms with Gasteiger partial charge in [0.15, 0.2) is 0 Å². The van der Waals surface area contributed by atoms with Gasteiger partial charge < -0.3 is 18.6 Å². The highest BCUT2D eigenvalue weighted by Crippen LogP contribution is 2.49. The lowest BCUT2D eigenvalue weighted by Crippen LogP contribution is -2.14. The second kappa shape index (κ2) is 19.7. The number of rotatable bonds is 10. The van der Waals surface area contributed by atoms with Crippen LogP contribution in [0.3, 0.4) is 0 Å². The zero-order chi connectivity index (χ0) is 55.0. The Balaban J connectivity index is 0.864. The molecule has 390 valence electrons. The van der Waals surface area contributed by atoms with Gasteiger partial charge in [0.2, 0.25) is 0 Å². The molecule has 4 heteroatoms. The van der Waals surface area contributed by atoms with Gasteiger partial charge in [0.25, 0.3) is 0 Å². The molecular weight excluding hydrogens is 997 g/mol. The van der Waals surface area contributed by atoms with Crippen molar-refractivity contribution in [3.63, 3.8) is 0 Å². The molecule has 15 rings (SSSR count). The number of hydrogen-bond donors (Lipinski definition) is 0. The third kappa shape index (κ3) is 8.30. The van der Waals surface area contributed by atoms with Crippen molar-refractivity contribution >= 4 is 99.5 Å². The quantitative estimate of drug-likeness (QED) is 0.137. The minimum atomic E-state index is 0.830. The van der Waals surface area contributed by atoms with Crippen molar-refractivity contribution in [3.05, 3.63) is 289 Å². The van der Waals surface area contributed by atoms with Crippen molar-refractivity contribution in [2.75, 3.05) is 9.80 Å². The summed E-state index contributed by atoms with van der Waals surface area (Å²) >= 11 is 0. The molecule has 0 unspecified atom stereocenters. The van der Waals surface area contributed by atoms with Crippen molar-refractivity contribution in [1.29, 1.82) is 0 Å². The monoisotopic (exact) mass is 1050 g/mol. The molecule has 0 radical (unpaired) electrons. The minimum Gasteiger partial charge on any atom is -0.456 e. The van der Waals surface area contributed by atoms with Crippen LogP contribution in [0.15, 0.2) is 276 Å². The minimum absolute atomic E-state index is 0.830. The first-order valence-electron chi connectivity index (χ1n) is 28.2. The Morgan fingerprint density at radius 1 is 0.256 bits per heavy atom. The summed E-state index contributed by atoms with van der Waals surface area (Å²) in [5.41, 5.74) is 24.2. The normalized spacial score (nSPS) is 11.7. The molecule has 0 aliphatic carbocycles. The van der Waals surface area contributed by atoms with Crippen LogP contribution in [0, 0.1) is 27.7 Å². The van der Waals surface area contributed by atoms with E-state index in [2.05, 4.69) is 304 Å². The maximum absolute atomic E-state index is 6.87. The third-order valence-electron chi connectivity index (χ3n) is 16.7. The van der Waals surface area contributed by atoms with Gasteiger partial charge >= 0.3 is 0 Å². The molecule has 0 saturated heterocycles. The molecule has 0 aliphatic rings. The first-order valence-corrected chi connectivity index (χ1v) is 28.2. The molecule has 0 amide bonds. The average Bonchev–Trinajstić information content (AvgIpc) is 4.23. The van der Waals surface area contributed by atoms with E-state index in [4.69, 9.17) is 8.83 Å². The van der Waals surface area contributed by atoms with Crippen LogP contribution in [0.25, 0.3) is 110 Å². The highest BCUT2D eigenvalue weighted by Gasteiger charge is 2.25. The van der Waals surface area contributed by atoms with Crippen molar-refractivity contribution in [2.24, 2.45) is 0 Å². The average molecular weight is 1050 g/mol. The molecule has 13 aromatic carbocycles. The fourth-order valence-electron chi connectivity index (χ4n) is 12.7. The van der Waals surface area contributed by atoms with Crippen LogP contribution < -0.4 is 9.80 Å². The van der Waals surface area contributed by atoms with Crippen molar-refractivity contribution in [3.8, 4) is 44.5 Å². The van der Waals surface area contributed by atoms with Crippen molar-refractivity contribution < 1.29 is 8.83 Å². The van der Waals surface area contributed by atoms with E-state index in [1.54, 1.807) is 0 Å². The van der Waals surface area contributed by atoms with Gasteiger partial charge in [-0.15, -0.1) is 0 Å². The summed E-state index contributed by atoms with van der Waals surface area (Å²) in [5.74, 6) is 0. The molecule has 0 aliphatic heterocycles. The SMILES string of the molecule is Cc1cccc(C)c1N(c1ccc2cc3c(cc2c1)oc1ccc2oc4cc5cc(N(c6ccc(-c7ccccc7)cc6-c6ccccc6)c6c(C)cccc6C)ccc5cc4c2c13)c1ccc(-c2ccccc2)cc1-c1ccccc1. The first-order chi connectivity index (χ1) is 40.3. The number of fused-ring (bicyclic) bond motifs is 9. The first kappa shape index (κ1) is 48.7. The lowest BCUT2D eigenvalue weighted by atomic mass is 9.95. The number of nitrogens with zero attached hydrogens (tertiary/aromatic N) is 2. The number of anilines is 6. The molecule has 0 bridgehead atoms. The summed E-state index contributed by atoms with van der Waals surface area (Å²) in [6.45, 7) is 8.85. The van der Waals surface area contributed by atoms with Crippen molar-refractivity contribution in [1.82, 2.24) is 0 Å². The smallest absolute Gasteiger partial charge is 0.136 e. The van der Waals surface area contributed by atoms with Gasteiger partial charge in [-0.3, -0.25) is 0 Å². The summed E-state index contributed by atoms with van der Waals surface area (Å²) in [6, 6.07) is 96.7. The van der Waals surface area contributed by atoms with Crippen LogP contribution in [0.5, 0.6) is 0 Å². The lowest BCUT2D eigenvalue weighted by molar-refractivity contribution is 0.663. The van der Waals surface area contributed by atoms with Gasteiger partial charge in [-0.1, -0.05) is 182 Å². The number of benzene rings is 13. The number of furan rings is 2. The standard InChI is InChI=1S/C78H56N2O2/c1-49-19-17-20-50(2)77(49)79(69-37-33-57(53-23-9-5-10-24-53)43-65(69)55-27-13-7-14-28-55)63-35-31-59-45-67-73(47-61(59)41-63)81-71-39-40-72-76(75(67)71)68-46-60-32-36-64(42-62(60)48-74(68)82-72)80(78-51(3)21-18-22-52(78)4)70-38-34-58(54-25-11-6-12-26-54)44-66(70)56-29-15-8-16-30-56/h5-48H,1-4H3. The summed E-state index contributed by atoms with van der Waals surface area (Å²) < 4.78 is 13.7. The Hall–Kier alpha value is -10.4. The highest BCUT2D eigenvalue weighted by atomic mass is 16.3. The Morgan fingerprint density at radius 3 is 1.00 bits per heavy atom. The molecular formula is C78H56N2O2. The molecule has 4 nitrogen and oxygen atoms in total. The van der Waals surface area contributed by atoms with E-state index in [1.807, 2.05) is 0 Å². The highest BCUT2D eigenvalue weighted by molar-refractivity contribution is 6.28. The molecule has 0 saturated carbocycles. The number of para-hydroxylation sites is 2. The second-order valence-electron chi connectivity index (χ2n) is 21.9. The van der Waals surface area contributed by atoms with Gasteiger partial charge in [-0.25, -0.2) is 0 Å². The van der Waals surface area contributed by atoms with E-state index in [9.17, 15) is 0 Å².